The molecule has 0 saturated carbocycles. The minimum atomic E-state index is -0.627. The maximum Gasteiger partial charge on any atom is 0.267 e. The fraction of sp³-hybridized carbons (Fsp3) is 0.133. The van der Waals surface area contributed by atoms with Crippen LogP contribution in [-0.4, -0.2) is 35.0 Å². The highest BCUT2D eigenvalue weighted by molar-refractivity contribution is 7.10. The number of fused-ring (bicyclic) bond motifs is 2. The largest absolute Gasteiger partial charge is 0.342 e. The van der Waals surface area contributed by atoms with E-state index in [4.69, 9.17) is 4.98 Å². The maximum atomic E-state index is 14.2. The number of carbonyl (C=O) groups is 1. The van der Waals surface area contributed by atoms with Crippen LogP contribution in [0.15, 0.2) is 77.3 Å². The van der Waals surface area contributed by atoms with Gasteiger partial charge in [0.25, 0.3) is 11.5 Å². The zero-order valence-corrected chi connectivity index (χ0v) is 22.7. The van der Waals surface area contributed by atoms with Crippen LogP contribution in [0, 0.1) is 25.7 Å². The lowest BCUT2D eigenvalue weighted by molar-refractivity contribution is 0.0938. The van der Waals surface area contributed by atoms with E-state index in [1.807, 2.05) is 49.4 Å². The van der Waals surface area contributed by atoms with Crippen molar-refractivity contribution in [3.05, 3.63) is 116 Å². The van der Waals surface area contributed by atoms with Gasteiger partial charge in [0.2, 0.25) is 0 Å². The zero-order chi connectivity index (χ0) is 27.8. The van der Waals surface area contributed by atoms with Gasteiger partial charge in [0.05, 0.1) is 44.4 Å². The first-order valence-corrected chi connectivity index (χ1v) is 13.4. The Morgan fingerprint density at radius 2 is 1.82 bits per heavy atom. The predicted molar refractivity (Wildman–Crippen MR) is 154 cm³/mol. The Hall–Kier alpha value is -5.14. The lowest BCUT2D eigenvalue weighted by Gasteiger charge is -2.20. The van der Waals surface area contributed by atoms with E-state index in [9.17, 15) is 9.59 Å². The number of nitrogens with one attached hydrogen (secondary N) is 1. The van der Waals surface area contributed by atoms with Gasteiger partial charge in [0.1, 0.15) is 11.4 Å². The topological polar surface area (TPSA) is 107 Å². The van der Waals surface area contributed by atoms with Crippen molar-refractivity contribution in [2.24, 2.45) is 0 Å². The van der Waals surface area contributed by atoms with E-state index in [0.29, 0.717) is 44.9 Å². The Kier molecular flexibility index (Phi) is 6.42. The van der Waals surface area contributed by atoms with Crippen molar-refractivity contribution in [2.45, 2.75) is 26.8 Å². The number of hydrogen-bond donors (Lipinski definition) is 1. The van der Waals surface area contributed by atoms with Crippen molar-refractivity contribution < 1.29 is 4.79 Å². The highest BCUT2D eigenvalue weighted by Gasteiger charge is 2.24. The smallest absolute Gasteiger partial charge is 0.267 e. The summed E-state index contributed by atoms with van der Waals surface area (Å²) in [6, 6.07) is 15.8. The molecule has 0 unspecified atom stereocenters. The van der Waals surface area contributed by atoms with Crippen molar-refractivity contribution >= 4 is 33.8 Å². The summed E-state index contributed by atoms with van der Waals surface area (Å²) in [5.41, 5.74) is 5.40. The van der Waals surface area contributed by atoms with Crippen molar-refractivity contribution in [3.63, 3.8) is 0 Å². The molecule has 6 aromatic rings. The summed E-state index contributed by atoms with van der Waals surface area (Å²) in [6.45, 7) is 5.47. The van der Waals surface area contributed by atoms with Gasteiger partial charge in [-0.15, -0.1) is 11.3 Å². The van der Waals surface area contributed by atoms with Gasteiger partial charge in [-0.05, 0) is 57.0 Å². The van der Waals surface area contributed by atoms with Gasteiger partial charge >= 0.3 is 0 Å². The summed E-state index contributed by atoms with van der Waals surface area (Å²) in [4.78, 5) is 41.9. The molecule has 9 nitrogen and oxygen atoms in total. The minimum absolute atomic E-state index is 0.271. The van der Waals surface area contributed by atoms with Crippen LogP contribution < -0.4 is 10.9 Å². The molecule has 4 aromatic heterocycles. The molecule has 6 rings (SSSR count). The quantitative estimate of drug-likeness (QED) is 0.329. The molecule has 1 amide bonds. The third kappa shape index (κ3) is 4.42. The fourth-order valence-corrected chi connectivity index (χ4v) is 5.26. The van der Waals surface area contributed by atoms with Crippen LogP contribution in [0.5, 0.6) is 0 Å². The molecular formula is C30H23N7O2S. The van der Waals surface area contributed by atoms with Crippen LogP contribution in [0.2, 0.25) is 0 Å². The SMILES string of the molecule is Cc1ncsc1C#Cc1cccc2nc([C@@H](C)NC(=O)c3c(C)nn4cccnc34)n(-c3ccccc3)c(=O)c12. The monoisotopic (exact) mass is 545 g/mol. The number of benzene rings is 2. The van der Waals surface area contributed by atoms with Crippen LogP contribution in [0.3, 0.4) is 0 Å². The zero-order valence-electron chi connectivity index (χ0n) is 21.9. The second-order valence-corrected chi connectivity index (χ2v) is 10.1. The number of carbonyl (C=O) groups excluding carboxylic acids is 1. The number of nitrogens with zero attached hydrogens (tertiary/aromatic N) is 6. The summed E-state index contributed by atoms with van der Waals surface area (Å²) >= 11 is 1.46. The molecule has 4 heterocycles. The molecule has 196 valence electrons. The molecule has 1 atom stereocenters. The van der Waals surface area contributed by atoms with Crippen molar-refractivity contribution in [2.75, 3.05) is 0 Å². The summed E-state index contributed by atoms with van der Waals surface area (Å²) < 4.78 is 3.11. The van der Waals surface area contributed by atoms with Gasteiger partial charge in [0.15, 0.2) is 5.65 Å². The molecule has 0 saturated heterocycles. The number of para-hydroxylation sites is 1. The first kappa shape index (κ1) is 25.2. The van der Waals surface area contributed by atoms with E-state index in [-0.39, 0.29) is 11.5 Å². The van der Waals surface area contributed by atoms with Crippen LogP contribution >= 0.6 is 11.3 Å². The van der Waals surface area contributed by atoms with Crippen molar-refractivity contribution in [1.82, 2.24) is 34.4 Å². The van der Waals surface area contributed by atoms with Gasteiger partial charge in [-0.2, -0.15) is 5.10 Å². The first-order valence-electron chi connectivity index (χ1n) is 12.6. The Bertz CT molecular complexity index is 2030. The van der Waals surface area contributed by atoms with E-state index in [2.05, 4.69) is 32.2 Å². The van der Waals surface area contributed by atoms with Gasteiger partial charge < -0.3 is 5.32 Å². The summed E-state index contributed by atoms with van der Waals surface area (Å²) in [6.07, 6.45) is 3.36. The molecule has 0 spiro atoms. The Labute approximate surface area is 233 Å². The van der Waals surface area contributed by atoms with Gasteiger partial charge in [-0.1, -0.05) is 30.2 Å². The van der Waals surface area contributed by atoms with Crippen LogP contribution in [0.25, 0.3) is 22.2 Å². The molecular weight excluding hydrogens is 522 g/mol. The second-order valence-electron chi connectivity index (χ2n) is 9.21. The molecule has 0 aliphatic carbocycles. The Morgan fingerprint density at radius 3 is 2.60 bits per heavy atom. The van der Waals surface area contributed by atoms with E-state index >= 15 is 0 Å². The number of amides is 1. The highest BCUT2D eigenvalue weighted by Crippen LogP contribution is 2.22. The number of thiazole rings is 1. The predicted octanol–water partition coefficient (Wildman–Crippen LogP) is 4.39. The Morgan fingerprint density at radius 1 is 1.00 bits per heavy atom. The third-order valence-corrected chi connectivity index (χ3v) is 7.37. The van der Waals surface area contributed by atoms with Crippen LogP contribution in [0.1, 0.15) is 51.0 Å². The lowest BCUT2D eigenvalue weighted by Crippen LogP contribution is -2.33. The van der Waals surface area contributed by atoms with Crippen LogP contribution in [-0.2, 0) is 0 Å². The van der Waals surface area contributed by atoms with Gasteiger partial charge in [-0.3, -0.25) is 14.2 Å². The molecule has 0 aliphatic rings. The lowest BCUT2D eigenvalue weighted by atomic mass is 10.1. The molecule has 0 aliphatic heterocycles. The van der Waals surface area contributed by atoms with E-state index in [1.165, 1.54) is 15.9 Å². The average molecular weight is 546 g/mol. The minimum Gasteiger partial charge on any atom is -0.342 e. The van der Waals surface area contributed by atoms with E-state index < -0.39 is 6.04 Å². The van der Waals surface area contributed by atoms with Crippen molar-refractivity contribution in [3.8, 4) is 17.5 Å². The molecule has 0 fully saturated rings. The standard InChI is InChI=1S/C30H23N7O2S/c1-18-24(40-17-32-18)14-13-21-9-7-12-23-26(21)30(39)37(22-10-5-4-6-11-22)27(34-23)20(3)33-29(38)25-19(2)35-36-16-8-15-31-28(25)36/h4-12,15-17,20H,1-3H3,(H,33,38)/t20-/m1/s1. The van der Waals surface area contributed by atoms with E-state index in [1.54, 1.807) is 48.4 Å². The first-order chi connectivity index (χ1) is 19.4. The molecule has 40 heavy (non-hydrogen) atoms. The number of aromatic nitrogens is 6. The second kappa shape index (κ2) is 10.2. The number of hydrogen-bond acceptors (Lipinski definition) is 7. The molecule has 10 heteroatoms. The summed E-state index contributed by atoms with van der Waals surface area (Å²) in [5, 5.41) is 7.81. The molecule has 1 N–H and O–H groups in total. The van der Waals surface area contributed by atoms with E-state index in [0.717, 1.165) is 10.6 Å². The molecule has 2 aromatic carbocycles. The van der Waals surface area contributed by atoms with Crippen molar-refractivity contribution in [1.29, 1.82) is 0 Å². The molecule has 0 bridgehead atoms. The van der Waals surface area contributed by atoms with Gasteiger partial charge in [0, 0.05) is 18.0 Å². The highest BCUT2D eigenvalue weighted by atomic mass is 32.1. The Balaban J connectivity index is 1.48. The summed E-state index contributed by atoms with van der Waals surface area (Å²) in [5.74, 6) is 6.34. The fourth-order valence-electron chi connectivity index (χ4n) is 4.61. The van der Waals surface area contributed by atoms with Gasteiger partial charge in [-0.25, -0.2) is 19.5 Å². The number of rotatable bonds is 4. The average Bonchev–Trinajstić information content (AvgIpc) is 3.53. The molecule has 0 radical (unpaired) electrons. The number of aryl methyl sites for hydroxylation is 2. The third-order valence-electron chi connectivity index (χ3n) is 6.53. The normalized spacial score (nSPS) is 11.8. The summed E-state index contributed by atoms with van der Waals surface area (Å²) in [7, 11) is 0. The van der Waals surface area contributed by atoms with Crippen LogP contribution in [0.4, 0.5) is 0 Å². The maximum absolute atomic E-state index is 14.2.